The lowest BCUT2D eigenvalue weighted by atomic mass is 10.1. The Bertz CT molecular complexity index is 755. The number of anilines is 2. The molecule has 0 bridgehead atoms. The maximum atomic E-state index is 12.4. The SMILES string of the molecule is COc1cc(C)ccc1OCC(=O)Nc1ccccc1N1CCCCC1. The summed E-state index contributed by atoms with van der Waals surface area (Å²) < 4.78 is 11.0. The second kappa shape index (κ2) is 8.61. The summed E-state index contributed by atoms with van der Waals surface area (Å²) in [4.78, 5) is 14.7. The molecule has 1 aliphatic heterocycles. The van der Waals surface area contributed by atoms with Gasteiger partial charge in [0.15, 0.2) is 18.1 Å². The third-order valence-electron chi connectivity index (χ3n) is 4.55. The van der Waals surface area contributed by atoms with Gasteiger partial charge in [-0.25, -0.2) is 0 Å². The smallest absolute Gasteiger partial charge is 0.262 e. The van der Waals surface area contributed by atoms with Crippen LogP contribution in [0.25, 0.3) is 0 Å². The highest BCUT2D eigenvalue weighted by atomic mass is 16.5. The average molecular weight is 354 g/mol. The maximum absolute atomic E-state index is 12.4. The Morgan fingerprint density at radius 1 is 1.08 bits per heavy atom. The van der Waals surface area contributed by atoms with Crippen LogP contribution in [0.15, 0.2) is 42.5 Å². The Kier molecular flexibility index (Phi) is 6.00. The fourth-order valence-corrected chi connectivity index (χ4v) is 3.21. The zero-order valence-corrected chi connectivity index (χ0v) is 15.5. The quantitative estimate of drug-likeness (QED) is 0.851. The topological polar surface area (TPSA) is 50.8 Å². The normalized spacial score (nSPS) is 14.0. The molecule has 1 saturated heterocycles. The van der Waals surface area contributed by atoms with Crippen molar-refractivity contribution in [3.05, 3.63) is 48.0 Å². The number of piperidine rings is 1. The number of carbonyl (C=O) groups is 1. The van der Waals surface area contributed by atoms with Crippen LogP contribution in [0, 0.1) is 6.92 Å². The number of nitrogens with zero attached hydrogens (tertiary/aromatic N) is 1. The summed E-state index contributed by atoms with van der Waals surface area (Å²) in [5, 5.41) is 2.98. The van der Waals surface area contributed by atoms with Crippen LogP contribution in [0.2, 0.25) is 0 Å². The standard InChI is InChI=1S/C21H26N2O3/c1-16-10-11-19(20(14-16)25-2)26-15-21(24)22-17-8-4-5-9-18(17)23-12-6-3-7-13-23/h4-5,8-11,14H,3,6-7,12-13,15H2,1-2H3,(H,22,24). The lowest BCUT2D eigenvalue weighted by Gasteiger charge is -2.30. The number of aryl methyl sites for hydroxylation is 1. The van der Waals surface area contributed by atoms with Crippen molar-refractivity contribution in [1.29, 1.82) is 0 Å². The van der Waals surface area contributed by atoms with Crippen LogP contribution < -0.4 is 19.7 Å². The van der Waals surface area contributed by atoms with Crippen LogP contribution in [-0.2, 0) is 4.79 Å². The van der Waals surface area contributed by atoms with Crippen LogP contribution in [0.4, 0.5) is 11.4 Å². The van der Waals surface area contributed by atoms with Crippen molar-refractivity contribution in [2.75, 3.05) is 37.0 Å². The number of hydrogen-bond acceptors (Lipinski definition) is 4. The number of nitrogens with one attached hydrogen (secondary N) is 1. The monoisotopic (exact) mass is 354 g/mol. The van der Waals surface area contributed by atoms with Crippen LogP contribution in [-0.4, -0.2) is 32.7 Å². The highest BCUT2D eigenvalue weighted by Crippen LogP contribution is 2.29. The van der Waals surface area contributed by atoms with Crippen molar-refractivity contribution in [2.45, 2.75) is 26.2 Å². The highest BCUT2D eigenvalue weighted by Gasteiger charge is 2.16. The van der Waals surface area contributed by atoms with E-state index in [1.807, 2.05) is 43.3 Å². The van der Waals surface area contributed by atoms with E-state index in [1.165, 1.54) is 19.3 Å². The van der Waals surface area contributed by atoms with Crippen molar-refractivity contribution in [3.8, 4) is 11.5 Å². The number of ether oxygens (including phenoxy) is 2. The Morgan fingerprint density at radius 2 is 1.85 bits per heavy atom. The fraction of sp³-hybridized carbons (Fsp3) is 0.381. The second-order valence-electron chi connectivity index (χ2n) is 6.56. The number of rotatable bonds is 6. The van der Waals surface area contributed by atoms with E-state index < -0.39 is 0 Å². The first-order chi connectivity index (χ1) is 12.7. The molecule has 3 rings (SSSR count). The molecule has 1 heterocycles. The van der Waals surface area contributed by atoms with Crippen molar-refractivity contribution < 1.29 is 14.3 Å². The van der Waals surface area contributed by atoms with Crippen molar-refractivity contribution in [3.63, 3.8) is 0 Å². The van der Waals surface area contributed by atoms with Crippen LogP contribution in [0.1, 0.15) is 24.8 Å². The molecule has 0 aliphatic carbocycles. The maximum Gasteiger partial charge on any atom is 0.262 e. The molecule has 1 aliphatic rings. The van der Waals surface area contributed by atoms with Gasteiger partial charge in [-0.15, -0.1) is 0 Å². The molecule has 1 amide bonds. The largest absolute Gasteiger partial charge is 0.493 e. The summed E-state index contributed by atoms with van der Waals surface area (Å²) in [7, 11) is 1.59. The summed E-state index contributed by atoms with van der Waals surface area (Å²) in [6.45, 7) is 3.98. The van der Waals surface area contributed by atoms with Gasteiger partial charge in [0.25, 0.3) is 5.91 Å². The minimum absolute atomic E-state index is 0.0618. The number of methoxy groups -OCH3 is 1. The highest BCUT2D eigenvalue weighted by molar-refractivity contribution is 5.95. The number of amides is 1. The molecule has 0 spiro atoms. The number of hydrogen-bond donors (Lipinski definition) is 1. The molecule has 2 aromatic rings. The zero-order chi connectivity index (χ0) is 18.4. The summed E-state index contributed by atoms with van der Waals surface area (Å²) in [6.07, 6.45) is 3.66. The average Bonchev–Trinajstić information content (AvgIpc) is 2.68. The van der Waals surface area contributed by atoms with E-state index in [9.17, 15) is 4.79 Å². The lowest BCUT2D eigenvalue weighted by molar-refractivity contribution is -0.118. The number of benzene rings is 2. The van der Waals surface area contributed by atoms with Crippen LogP contribution >= 0.6 is 0 Å². The molecule has 5 nitrogen and oxygen atoms in total. The van der Waals surface area contributed by atoms with E-state index >= 15 is 0 Å². The van der Waals surface area contributed by atoms with E-state index in [0.29, 0.717) is 11.5 Å². The van der Waals surface area contributed by atoms with Gasteiger partial charge in [0.2, 0.25) is 0 Å². The van der Waals surface area contributed by atoms with Gasteiger partial charge in [-0.3, -0.25) is 4.79 Å². The Morgan fingerprint density at radius 3 is 2.62 bits per heavy atom. The van der Waals surface area contributed by atoms with E-state index in [-0.39, 0.29) is 12.5 Å². The third kappa shape index (κ3) is 4.48. The van der Waals surface area contributed by atoms with Gasteiger partial charge < -0.3 is 19.7 Å². The molecule has 138 valence electrons. The Labute approximate surface area is 154 Å². The lowest BCUT2D eigenvalue weighted by Crippen LogP contribution is -2.30. The molecule has 0 radical (unpaired) electrons. The van der Waals surface area contributed by atoms with Crippen LogP contribution in [0.3, 0.4) is 0 Å². The first-order valence-corrected chi connectivity index (χ1v) is 9.08. The molecule has 0 unspecified atom stereocenters. The van der Waals surface area contributed by atoms with Gasteiger partial charge in [-0.2, -0.15) is 0 Å². The molecule has 0 saturated carbocycles. The predicted molar refractivity (Wildman–Crippen MR) is 104 cm³/mol. The molecule has 26 heavy (non-hydrogen) atoms. The van der Waals surface area contributed by atoms with Crippen molar-refractivity contribution in [1.82, 2.24) is 0 Å². The molecule has 1 N–H and O–H groups in total. The van der Waals surface area contributed by atoms with E-state index in [2.05, 4.69) is 16.3 Å². The molecular formula is C21H26N2O3. The molecule has 0 atom stereocenters. The van der Waals surface area contributed by atoms with E-state index in [4.69, 9.17) is 9.47 Å². The minimum Gasteiger partial charge on any atom is -0.493 e. The number of carbonyl (C=O) groups excluding carboxylic acids is 1. The van der Waals surface area contributed by atoms with Crippen molar-refractivity contribution >= 4 is 17.3 Å². The Hall–Kier alpha value is -2.69. The third-order valence-corrected chi connectivity index (χ3v) is 4.55. The predicted octanol–water partition coefficient (Wildman–Crippen LogP) is 4.01. The molecular weight excluding hydrogens is 328 g/mol. The molecule has 0 aromatic heterocycles. The van der Waals surface area contributed by atoms with Crippen molar-refractivity contribution in [2.24, 2.45) is 0 Å². The van der Waals surface area contributed by atoms with Gasteiger partial charge in [0, 0.05) is 13.1 Å². The van der Waals surface area contributed by atoms with Gasteiger partial charge in [-0.1, -0.05) is 18.2 Å². The van der Waals surface area contributed by atoms with Gasteiger partial charge in [-0.05, 0) is 56.0 Å². The van der Waals surface area contributed by atoms with Gasteiger partial charge >= 0.3 is 0 Å². The van der Waals surface area contributed by atoms with Gasteiger partial charge in [0.1, 0.15) is 0 Å². The summed E-state index contributed by atoms with van der Waals surface area (Å²) in [6, 6.07) is 13.6. The second-order valence-corrected chi connectivity index (χ2v) is 6.56. The van der Waals surface area contributed by atoms with Gasteiger partial charge in [0.05, 0.1) is 18.5 Å². The molecule has 5 heteroatoms. The summed E-state index contributed by atoms with van der Waals surface area (Å²) in [5.41, 5.74) is 2.99. The fourth-order valence-electron chi connectivity index (χ4n) is 3.21. The molecule has 2 aromatic carbocycles. The zero-order valence-electron chi connectivity index (χ0n) is 15.5. The van der Waals surface area contributed by atoms with E-state index in [0.717, 1.165) is 30.0 Å². The van der Waals surface area contributed by atoms with Crippen LogP contribution in [0.5, 0.6) is 11.5 Å². The summed E-state index contributed by atoms with van der Waals surface area (Å²) >= 11 is 0. The van der Waals surface area contributed by atoms with E-state index in [1.54, 1.807) is 7.11 Å². The number of para-hydroxylation sites is 2. The summed E-state index contributed by atoms with van der Waals surface area (Å²) in [5.74, 6) is 1.01. The molecule has 1 fully saturated rings. The first-order valence-electron chi connectivity index (χ1n) is 9.08. The first kappa shape index (κ1) is 18.1. The Balaban J connectivity index is 1.64. The minimum atomic E-state index is -0.183.